The minimum Gasteiger partial charge on any atom is -0.469 e. The number of fused-ring (bicyclic) bond motifs is 1. The van der Waals surface area contributed by atoms with E-state index in [-0.39, 0.29) is 17.4 Å². The van der Waals surface area contributed by atoms with Crippen molar-refractivity contribution in [2.75, 3.05) is 12.9 Å². The van der Waals surface area contributed by atoms with E-state index in [0.717, 1.165) is 16.2 Å². The molecule has 132 valence electrons. The van der Waals surface area contributed by atoms with Crippen LogP contribution in [-0.2, 0) is 9.53 Å². The summed E-state index contributed by atoms with van der Waals surface area (Å²) in [5.74, 6) is 0.229. The zero-order valence-electron chi connectivity index (χ0n) is 12.8. The first-order chi connectivity index (χ1) is 12.0. The average Bonchev–Trinajstić information content (AvgIpc) is 3.21. The molecule has 2 heterocycles. The number of methoxy groups -OCH3 is 1. The highest BCUT2D eigenvalue weighted by molar-refractivity contribution is 7.99. The average molecular weight is 405 g/mol. The van der Waals surface area contributed by atoms with Crippen LogP contribution in [0.15, 0.2) is 17.0 Å². The number of H-pyrrole nitrogens is 1. The predicted octanol–water partition coefficient (Wildman–Crippen LogP) is 4.33. The molecule has 0 atom stereocenters. The third-order valence-electron chi connectivity index (χ3n) is 3.23. The van der Waals surface area contributed by atoms with Crippen molar-refractivity contribution in [2.24, 2.45) is 0 Å². The summed E-state index contributed by atoms with van der Waals surface area (Å²) in [5.41, 5.74) is 1.000. The molecule has 25 heavy (non-hydrogen) atoms. The Morgan fingerprint density at radius 3 is 2.92 bits per heavy atom. The molecular formula is C14H11ClF2N4O2S2. The summed E-state index contributed by atoms with van der Waals surface area (Å²) < 4.78 is 30.0. The molecule has 0 fully saturated rings. The molecule has 0 radical (unpaired) electrons. The molecule has 0 aliphatic heterocycles. The fraction of sp³-hybridized carbons (Fsp3) is 0.286. The standard InChI is InChI=1S/C14H11ClF2N4O2S2/c1-23-9(22)2-3-24-6-4-7-10(8(15)5-6)18-19-11(7)13-20-21-14(25-13)12(16)17/h4-5,12H,2-3H2,1H3,(H,18,19). The minimum atomic E-state index is -2.67. The van der Waals surface area contributed by atoms with Gasteiger partial charge < -0.3 is 4.74 Å². The van der Waals surface area contributed by atoms with Gasteiger partial charge in [-0.2, -0.15) is 5.10 Å². The number of aromatic nitrogens is 4. The molecule has 0 bridgehead atoms. The van der Waals surface area contributed by atoms with Crippen molar-refractivity contribution >= 4 is 51.6 Å². The van der Waals surface area contributed by atoms with Crippen LogP contribution in [0.1, 0.15) is 17.9 Å². The summed E-state index contributed by atoms with van der Waals surface area (Å²) in [6.07, 6.45) is -2.41. The molecule has 0 saturated heterocycles. The second kappa shape index (κ2) is 7.63. The maximum absolute atomic E-state index is 12.7. The van der Waals surface area contributed by atoms with Gasteiger partial charge in [0.1, 0.15) is 11.2 Å². The molecule has 0 spiro atoms. The van der Waals surface area contributed by atoms with Crippen LogP contribution in [0, 0.1) is 0 Å². The first kappa shape index (κ1) is 18.0. The zero-order chi connectivity index (χ0) is 18.0. The highest BCUT2D eigenvalue weighted by Gasteiger charge is 2.19. The van der Waals surface area contributed by atoms with Crippen molar-refractivity contribution in [3.63, 3.8) is 0 Å². The molecule has 0 aliphatic rings. The lowest BCUT2D eigenvalue weighted by molar-refractivity contribution is -0.140. The number of hydrogen-bond acceptors (Lipinski definition) is 7. The van der Waals surface area contributed by atoms with Crippen LogP contribution in [-0.4, -0.2) is 39.2 Å². The van der Waals surface area contributed by atoms with Crippen LogP contribution in [0.25, 0.3) is 21.6 Å². The lowest BCUT2D eigenvalue weighted by atomic mass is 10.2. The van der Waals surface area contributed by atoms with E-state index in [1.54, 1.807) is 6.07 Å². The third-order valence-corrected chi connectivity index (χ3v) is 5.44. The molecule has 3 aromatic rings. The number of esters is 1. The molecule has 0 amide bonds. The zero-order valence-corrected chi connectivity index (χ0v) is 15.1. The Hall–Kier alpha value is -1.78. The summed E-state index contributed by atoms with van der Waals surface area (Å²) in [7, 11) is 1.34. The first-order valence-corrected chi connectivity index (χ1v) is 9.16. The van der Waals surface area contributed by atoms with Gasteiger partial charge in [-0.15, -0.1) is 22.0 Å². The summed E-state index contributed by atoms with van der Waals surface area (Å²) >= 11 is 8.47. The highest BCUT2D eigenvalue weighted by atomic mass is 35.5. The Labute approximate surface area is 153 Å². The van der Waals surface area contributed by atoms with Gasteiger partial charge in [0.25, 0.3) is 6.43 Å². The van der Waals surface area contributed by atoms with Gasteiger partial charge in [0.2, 0.25) is 0 Å². The second-order valence-corrected chi connectivity index (χ2v) is 7.41. The Bertz CT molecular complexity index is 916. The minimum absolute atomic E-state index is 0.267. The second-order valence-electron chi connectivity index (χ2n) is 4.82. The van der Waals surface area contributed by atoms with E-state index in [4.69, 9.17) is 11.6 Å². The van der Waals surface area contributed by atoms with E-state index in [0.29, 0.717) is 32.4 Å². The highest BCUT2D eigenvalue weighted by Crippen LogP contribution is 2.36. The van der Waals surface area contributed by atoms with Gasteiger partial charge in [0.15, 0.2) is 10.0 Å². The third kappa shape index (κ3) is 3.91. The van der Waals surface area contributed by atoms with E-state index >= 15 is 0 Å². The van der Waals surface area contributed by atoms with Crippen LogP contribution in [0.5, 0.6) is 0 Å². The van der Waals surface area contributed by atoms with Gasteiger partial charge in [0.05, 0.1) is 18.6 Å². The molecule has 1 aromatic carbocycles. The van der Waals surface area contributed by atoms with Crippen LogP contribution in [0.3, 0.4) is 0 Å². The predicted molar refractivity (Wildman–Crippen MR) is 92.3 cm³/mol. The summed E-state index contributed by atoms with van der Waals surface area (Å²) in [5, 5.41) is 15.2. The van der Waals surface area contributed by atoms with Crippen LogP contribution >= 0.6 is 34.7 Å². The number of aromatic amines is 1. The largest absolute Gasteiger partial charge is 0.469 e. The SMILES string of the molecule is COC(=O)CCSc1cc(Cl)c2n[nH]c(-c3nnc(C(F)F)s3)c2c1. The smallest absolute Gasteiger partial charge is 0.306 e. The maximum Gasteiger partial charge on any atom is 0.306 e. The van der Waals surface area contributed by atoms with E-state index in [1.165, 1.54) is 18.9 Å². The lowest BCUT2D eigenvalue weighted by Gasteiger charge is -2.03. The number of hydrogen-bond donors (Lipinski definition) is 1. The normalized spacial score (nSPS) is 11.4. The quantitative estimate of drug-likeness (QED) is 0.486. The van der Waals surface area contributed by atoms with Crippen molar-refractivity contribution in [3.8, 4) is 10.7 Å². The Morgan fingerprint density at radius 2 is 2.24 bits per heavy atom. The maximum atomic E-state index is 12.7. The number of carbonyl (C=O) groups is 1. The molecule has 1 N–H and O–H groups in total. The molecule has 0 unspecified atom stereocenters. The molecule has 11 heteroatoms. The monoisotopic (exact) mass is 404 g/mol. The molecular weight excluding hydrogens is 394 g/mol. The lowest BCUT2D eigenvalue weighted by Crippen LogP contribution is -2.00. The van der Waals surface area contributed by atoms with E-state index in [1.807, 2.05) is 6.07 Å². The van der Waals surface area contributed by atoms with Gasteiger partial charge in [-0.1, -0.05) is 22.9 Å². The van der Waals surface area contributed by atoms with Crippen molar-refractivity contribution in [3.05, 3.63) is 22.2 Å². The molecule has 3 rings (SSSR count). The van der Waals surface area contributed by atoms with Gasteiger partial charge >= 0.3 is 5.97 Å². The van der Waals surface area contributed by atoms with E-state index < -0.39 is 6.43 Å². The summed E-state index contributed by atoms with van der Waals surface area (Å²) in [6.45, 7) is 0. The molecule has 2 aromatic heterocycles. The van der Waals surface area contributed by atoms with Gasteiger partial charge in [-0.25, -0.2) is 8.78 Å². The topological polar surface area (TPSA) is 80.8 Å². The van der Waals surface area contributed by atoms with Crippen molar-refractivity contribution in [1.29, 1.82) is 0 Å². The number of benzene rings is 1. The Kier molecular flexibility index (Phi) is 5.50. The molecule has 0 saturated carbocycles. The molecule has 6 nitrogen and oxygen atoms in total. The fourth-order valence-electron chi connectivity index (χ4n) is 2.07. The number of ether oxygens (including phenoxy) is 1. The van der Waals surface area contributed by atoms with Crippen molar-refractivity contribution in [2.45, 2.75) is 17.7 Å². The van der Waals surface area contributed by atoms with Crippen LogP contribution < -0.4 is 0 Å². The number of alkyl halides is 2. The van der Waals surface area contributed by atoms with Crippen molar-refractivity contribution in [1.82, 2.24) is 20.4 Å². The van der Waals surface area contributed by atoms with Gasteiger partial charge in [-0.3, -0.25) is 9.89 Å². The van der Waals surface area contributed by atoms with E-state index in [9.17, 15) is 13.6 Å². The number of halogens is 3. The number of nitrogens with one attached hydrogen (secondary N) is 1. The first-order valence-electron chi connectivity index (χ1n) is 6.98. The summed E-state index contributed by atoms with van der Waals surface area (Å²) in [6, 6.07) is 3.56. The molecule has 0 aliphatic carbocycles. The number of nitrogens with zero attached hydrogens (tertiary/aromatic N) is 3. The van der Waals surface area contributed by atoms with Gasteiger partial charge in [-0.05, 0) is 12.1 Å². The van der Waals surface area contributed by atoms with Gasteiger partial charge in [0, 0.05) is 16.0 Å². The van der Waals surface area contributed by atoms with E-state index in [2.05, 4.69) is 25.1 Å². The number of rotatable bonds is 6. The summed E-state index contributed by atoms with van der Waals surface area (Å²) in [4.78, 5) is 12.0. The van der Waals surface area contributed by atoms with Crippen molar-refractivity contribution < 1.29 is 18.3 Å². The Balaban J connectivity index is 1.91. The van der Waals surface area contributed by atoms with Crippen LogP contribution in [0.2, 0.25) is 5.02 Å². The Morgan fingerprint density at radius 1 is 1.44 bits per heavy atom. The van der Waals surface area contributed by atoms with Crippen LogP contribution in [0.4, 0.5) is 8.78 Å². The number of thioether (sulfide) groups is 1. The fourth-order valence-corrected chi connectivity index (χ4v) is 4.02. The number of carbonyl (C=O) groups excluding carboxylic acids is 1.